The predicted octanol–water partition coefficient (Wildman–Crippen LogP) is 2.06. The van der Waals surface area contributed by atoms with Gasteiger partial charge in [0.15, 0.2) is 0 Å². The van der Waals surface area contributed by atoms with Gasteiger partial charge < -0.3 is 4.74 Å². The summed E-state index contributed by atoms with van der Waals surface area (Å²) in [5.41, 5.74) is 0.956. The van der Waals surface area contributed by atoms with E-state index in [2.05, 4.69) is 20.8 Å². The van der Waals surface area contributed by atoms with Gasteiger partial charge in [-0.1, -0.05) is 30.3 Å². The van der Waals surface area contributed by atoms with Crippen molar-refractivity contribution in [2.24, 2.45) is 0 Å². The highest BCUT2D eigenvalue weighted by Gasteiger charge is 2.35. The molecule has 0 aromatic heterocycles. The van der Waals surface area contributed by atoms with Crippen LogP contribution in [-0.2, 0) is 4.74 Å². The Balaban J connectivity index is 2.25. The van der Waals surface area contributed by atoms with Gasteiger partial charge in [0, 0.05) is 18.0 Å². The number of nitrogens with zero attached hydrogens (tertiary/aromatic N) is 2. The van der Waals surface area contributed by atoms with Gasteiger partial charge in [0.2, 0.25) is 0 Å². The Hall–Kier alpha value is -0.980. The van der Waals surface area contributed by atoms with Crippen molar-refractivity contribution in [3.63, 3.8) is 0 Å². The summed E-state index contributed by atoms with van der Waals surface area (Å²) in [5.74, 6) is 0. The Bertz CT molecular complexity index is 396. The summed E-state index contributed by atoms with van der Waals surface area (Å²) in [7, 11) is 0. The van der Waals surface area contributed by atoms with Crippen molar-refractivity contribution in [3.05, 3.63) is 46.0 Å². The number of nitro groups is 1. The Morgan fingerprint density at radius 2 is 1.89 bits per heavy atom. The number of alkyl halides is 1. The first kappa shape index (κ1) is 13.5. The minimum atomic E-state index is -0.807. The molecule has 6 heteroatoms. The highest BCUT2D eigenvalue weighted by Crippen LogP contribution is 2.29. The van der Waals surface area contributed by atoms with Crippen molar-refractivity contribution in [2.75, 3.05) is 26.3 Å². The SMILES string of the molecule is O=[N+]([O-])[C@@H](Br)[C@@H](c1ccccc1)N1CCOCC1. The van der Waals surface area contributed by atoms with E-state index in [1.165, 1.54) is 0 Å². The molecule has 1 fully saturated rings. The molecule has 18 heavy (non-hydrogen) atoms. The van der Waals surface area contributed by atoms with E-state index >= 15 is 0 Å². The van der Waals surface area contributed by atoms with Crippen LogP contribution >= 0.6 is 15.9 Å². The largest absolute Gasteiger partial charge is 0.379 e. The monoisotopic (exact) mass is 314 g/mol. The number of rotatable bonds is 4. The minimum absolute atomic E-state index is 0.259. The lowest BCUT2D eigenvalue weighted by Gasteiger charge is -2.34. The van der Waals surface area contributed by atoms with E-state index in [4.69, 9.17) is 4.74 Å². The van der Waals surface area contributed by atoms with Gasteiger partial charge in [0.25, 0.3) is 4.95 Å². The minimum Gasteiger partial charge on any atom is -0.379 e. The Labute approximate surface area is 114 Å². The first-order chi connectivity index (χ1) is 8.70. The van der Waals surface area contributed by atoms with Gasteiger partial charge >= 0.3 is 0 Å². The number of hydrogen-bond acceptors (Lipinski definition) is 4. The van der Waals surface area contributed by atoms with E-state index in [1.807, 2.05) is 30.3 Å². The number of benzene rings is 1. The quantitative estimate of drug-likeness (QED) is 0.369. The van der Waals surface area contributed by atoms with Crippen LogP contribution in [0, 0.1) is 10.1 Å². The van der Waals surface area contributed by atoms with E-state index < -0.39 is 4.95 Å². The summed E-state index contributed by atoms with van der Waals surface area (Å²) in [6.45, 7) is 2.69. The molecular formula is C12H15BrN2O3. The Morgan fingerprint density at radius 1 is 1.28 bits per heavy atom. The average Bonchev–Trinajstić information content (AvgIpc) is 2.41. The number of morpholine rings is 1. The molecule has 0 spiro atoms. The van der Waals surface area contributed by atoms with Crippen molar-refractivity contribution in [1.29, 1.82) is 0 Å². The van der Waals surface area contributed by atoms with E-state index in [0.29, 0.717) is 13.2 Å². The van der Waals surface area contributed by atoms with E-state index in [9.17, 15) is 10.1 Å². The maximum absolute atomic E-state index is 11.1. The van der Waals surface area contributed by atoms with Gasteiger partial charge in [-0.15, -0.1) is 0 Å². The zero-order valence-electron chi connectivity index (χ0n) is 9.87. The summed E-state index contributed by atoms with van der Waals surface area (Å²) < 4.78 is 5.30. The van der Waals surface area contributed by atoms with Gasteiger partial charge in [-0.2, -0.15) is 0 Å². The molecular weight excluding hydrogens is 300 g/mol. The molecule has 0 radical (unpaired) electrons. The summed E-state index contributed by atoms with van der Waals surface area (Å²) in [4.78, 5) is 12.1. The smallest absolute Gasteiger partial charge is 0.285 e. The lowest BCUT2D eigenvalue weighted by atomic mass is 10.0. The van der Waals surface area contributed by atoms with Crippen LogP contribution in [0.1, 0.15) is 11.6 Å². The molecule has 1 heterocycles. The van der Waals surface area contributed by atoms with Crippen LogP contribution in [0.4, 0.5) is 0 Å². The highest BCUT2D eigenvalue weighted by atomic mass is 79.9. The molecule has 0 amide bonds. The van der Waals surface area contributed by atoms with Crippen molar-refractivity contribution >= 4 is 15.9 Å². The highest BCUT2D eigenvalue weighted by molar-refractivity contribution is 9.09. The molecule has 1 aliphatic rings. The molecule has 1 aromatic rings. The van der Waals surface area contributed by atoms with E-state index in [0.717, 1.165) is 18.7 Å². The van der Waals surface area contributed by atoms with Crippen LogP contribution in [0.5, 0.6) is 0 Å². The predicted molar refractivity (Wildman–Crippen MR) is 71.3 cm³/mol. The van der Waals surface area contributed by atoms with Crippen molar-refractivity contribution in [2.45, 2.75) is 11.0 Å². The van der Waals surface area contributed by atoms with Gasteiger partial charge in [0.05, 0.1) is 13.2 Å². The van der Waals surface area contributed by atoms with E-state index in [-0.39, 0.29) is 11.0 Å². The fraction of sp³-hybridized carbons (Fsp3) is 0.500. The van der Waals surface area contributed by atoms with Crippen molar-refractivity contribution in [1.82, 2.24) is 4.90 Å². The fourth-order valence-corrected chi connectivity index (χ4v) is 2.80. The molecule has 1 aliphatic heterocycles. The summed E-state index contributed by atoms with van der Waals surface area (Å²) in [5, 5.41) is 11.1. The zero-order chi connectivity index (χ0) is 13.0. The second kappa shape index (κ2) is 6.26. The first-order valence-electron chi connectivity index (χ1n) is 5.84. The van der Waals surface area contributed by atoms with Gasteiger partial charge in [0.1, 0.15) is 6.04 Å². The molecule has 2 atom stereocenters. The number of hydrogen-bond donors (Lipinski definition) is 0. The topological polar surface area (TPSA) is 55.6 Å². The molecule has 0 saturated carbocycles. The van der Waals surface area contributed by atoms with Gasteiger partial charge in [-0.3, -0.25) is 15.0 Å². The Morgan fingerprint density at radius 3 is 2.44 bits per heavy atom. The van der Waals surface area contributed by atoms with Crippen LogP contribution in [-0.4, -0.2) is 41.1 Å². The van der Waals surface area contributed by atoms with E-state index in [1.54, 1.807) is 0 Å². The number of ether oxygens (including phenoxy) is 1. The standard InChI is InChI=1S/C12H15BrN2O3/c13-12(15(16)17)11(10-4-2-1-3-5-10)14-6-8-18-9-7-14/h1-5,11-12H,6-9H2/t11-,12-/m1/s1. The molecule has 0 bridgehead atoms. The van der Waals surface area contributed by atoms with Crippen LogP contribution in [0.3, 0.4) is 0 Å². The maximum Gasteiger partial charge on any atom is 0.285 e. The molecule has 98 valence electrons. The van der Waals surface area contributed by atoms with Crippen LogP contribution in [0.25, 0.3) is 0 Å². The maximum atomic E-state index is 11.1. The summed E-state index contributed by atoms with van der Waals surface area (Å²) >= 11 is 3.20. The summed E-state index contributed by atoms with van der Waals surface area (Å²) in [6, 6.07) is 9.32. The summed E-state index contributed by atoms with van der Waals surface area (Å²) in [6.07, 6.45) is 0. The average molecular weight is 315 g/mol. The van der Waals surface area contributed by atoms with Crippen LogP contribution < -0.4 is 0 Å². The lowest BCUT2D eigenvalue weighted by Crippen LogP contribution is -2.44. The molecule has 2 rings (SSSR count). The third kappa shape index (κ3) is 3.07. The van der Waals surface area contributed by atoms with Crippen LogP contribution in [0.15, 0.2) is 30.3 Å². The zero-order valence-corrected chi connectivity index (χ0v) is 11.5. The molecule has 0 N–H and O–H groups in total. The van der Waals surface area contributed by atoms with Crippen molar-refractivity contribution in [3.8, 4) is 0 Å². The first-order valence-corrected chi connectivity index (χ1v) is 6.76. The fourth-order valence-electron chi connectivity index (χ4n) is 2.16. The van der Waals surface area contributed by atoms with Crippen LogP contribution in [0.2, 0.25) is 0 Å². The Kier molecular flexibility index (Phi) is 4.68. The normalized spacial score (nSPS) is 20.3. The van der Waals surface area contributed by atoms with Gasteiger partial charge in [-0.25, -0.2) is 0 Å². The molecule has 1 saturated heterocycles. The third-order valence-corrected chi connectivity index (χ3v) is 3.88. The van der Waals surface area contributed by atoms with Gasteiger partial charge in [-0.05, 0) is 21.5 Å². The van der Waals surface area contributed by atoms with Crippen molar-refractivity contribution < 1.29 is 9.66 Å². The third-order valence-electron chi connectivity index (χ3n) is 3.04. The molecule has 0 aliphatic carbocycles. The molecule has 0 unspecified atom stereocenters. The lowest BCUT2D eigenvalue weighted by molar-refractivity contribution is -0.501. The molecule has 5 nitrogen and oxygen atoms in total. The second-order valence-corrected chi connectivity index (χ2v) is 5.10. The second-order valence-electron chi connectivity index (χ2n) is 4.16. The molecule has 1 aromatic carbocycles. The number of halogens is 1.